The average molecular weight is 1000 g/mol. The Morgan fingerprint density at radius 3 is 1.03 bits per heavy atom. The fraction of sp³-hybridized carbons (Fsp3) is 0.606. The number of rotatable bonds is 37. The van der Waals surface area contributed by atoms with Crippen molar-refractivity contribution >= 4 is 11.7 Å². The molecule has 1 unspecified atom stereocenters. The molecule has 5 rings (SSSR count). The summed E-state index contributed by atoms with van der Waals surface area (Å²) < 4.78 is 0. The van der Waals surface area contributed by atoms with Gasteiger partial charge in [0.2, 0.25) is 5.91 Å². The minimum Gasteiger partial charge on any atom is -0.508 e. The summed E-state index contributed by atoms with van der Waals surface area (Å²) in [6.07, 6.45) is 36.5. The summed E-state index contributed by atoms with van der Waals surface area (Å²) in [5, 5.41) is 40.7. The van der Waals surface area contributed by atoms with Crippen LogP contribution in [0.2, 0.25) is 0 Å². The third-order valence-electron chi connectivity index (χ3n) is 17.2. The molecule has 1 aliphatic carbocycles. The zero-order valence-corrected chi connectivity index (χ0v) is 45.5. The molecule has 0 heterocycles. The third-order valence-corrected chi connectivity index (χ3v) is 17.2. The van der Waals surface area contributed by atoms with E-state index in [0.29, 0.717) is 6.42 Å². The van der Waals surface area contributed by atoms with Crippen molar-refractivity contribution in [2.45, 2.75) is 243 Å². The Kier molecular flexibility index (Phi) is 25.8. The van der Waals surface area contributed by atoms with Crippen LogP contribution in [-0.4, -0.2) is 32.1 Å². The van der Waals surface area contributed by atoms with E-state index in [1.54, 1.807) is 24.3 Å². The van der Waals surface area contributed by atoms with E-state index in [0.717, 1.165) is 161 Å². The number of benzene rings is 4. The molecular weight excluding hydrogens is 903 g/mol. The Bertz CT molecular complexity index is 2030. The lowest BCUT2D eigenvalue weighted by molar-refractivity contribution is -0.140. The van der Waals surface area contributed by atoms with Crippen molar-refractivity contribution in [2.75, 3.05) is 0 Å². The van der Waals surface area contributed by atoms with Crippen molar-refractivity contribution in [2.24, 2.45) is 17.1 Å². The van der Waals surface area contributed by atoms with E-state index in [9.17, 15) is 30.0 Å². The van der Waals surface area contributed by atoms with Crippen LogP contribution in [0.25, 0.3) is 0 Å². The van der Waals surface area contributed by atoms with Gasteiger partial charge in [0.05, 0.1) is 5.92 Å². The largest absolute Gasteiger partial charge is 0.508 e. The number of amides is 1. The Morgan fingerprint density at radius 2 is 0.712 bits per heavy atom. The summed E-state index contributed by atoms with van der Waals surface area (Å²) in [7, 11) is 0. The topological polar surface area (TPSA) is 141 Å². The maximum atomic E-state index is 14.6. The minimum atomic E-state index is -0.690. The lowest BCUT2D eigenvalue weighted by Gasteiger charge is -2.36. The number of unbranched alkanes of at least 4 members (excludes halogenated alkanes) is 18. The number of carbonyl (C=O) groups is 2. The van der Waals surface area contributed by atoms with E-state index < -0.39 is 17.2 Å². The van der Waals surface area contributed by atoms with E-state index in [1.165, 1.54) is 73.6 Å². The van der Waals surface area contributed by atoms with Crippen LogP contribution in [-0.2, 0) is 20.4 Å². The Hall–Kier alpha value is -4.78. The summed E-state index contributed by atoms with van der Waals surface area (Å²) in [6.45, 7) is 4.49. The molecule has 0 aliphatic heterocycles. The van der Waals surface area contributed by atoms with Crippen LogP contribution in [0.1, 0.15) is 254 Å². The zero-order valence-electron chi connectivity index (χ0n) is 45.5. The molecule has 1 atom stereocenters. The number of ketones is 1. The van der Waals surface area contributed by atoms with Gasteiger partial charge in [0.1, 0.15) is 23.0 Å². The number of phenolic OH excluding ortho intramolecular Hbond substituents is 4. The molecule has 7 nitrogen and oxygen atoms in total. The zero-order chi connectivity index (χ0) is 52.2. The fourth-order valence-corrected chi connectivity index (χ4v) is 12.8. The lowest BCUT2D eigenvalue weighted by Crippen LogP contribution is -2.41. The average Bonchev–Trinajstić information content (AvgIpc) is 3.65. The molecule has 0 radical (unpaired) electrons. The van der Waals surface area contributed by atoms with Crippen molar-refractivity contribution in [1.29, 1.82) is 0 Å². The maximum absolute atomic E-state index is 14.6. The monoisotopic (exact) mass is 1000 g/mol. The molecule has 1 amide bonds. The van der Waals surface area contributed by atoms with Crippen molar-refractivity contribution in [3.05, 3.63) is 119 Å². The van der Waals surface area contributed by atoms with E-state index in [4.69, 9.17) is 5.73 Å². The van der Waals surface area contributed by atoms with Gasteiger partial charge in [-0.25, -0.2) is 0 Å². The molecule has 0 saturated heterocycles. The van der Waals surface area contributed by atoms with E-state index in [2.05, 4.69) is 62.4 Å². The first kappa shape index (κ1) is 59.1. The van der Waals surface area contributed by atoms with Crippen molar-refractivity contribution in [3.8, 4) is 23.0 Å². The van der Waals surface area contributed by atoms with Gasteiger partial charge in [-0.1, -0.05) is 229 Å². The minimum absolute atomic E-state index is 0.141. The van der Waals surface area contributed by atoms with E-state index in [1.807, 2.05) is 24.3 Å². The molecule has 73 heavy (non-hydrogen) atoms. The predicted octanol–water partition coefficient (Wildman–Crippen LogP) is 17.8. The highest BCUT2D eigenvalue weighted by Gasteiger charge is 2.43. The highest BCUT2D eigenvalue weighted by molar-refractivity contribution is 6.03. The van der Waals surface area contributed by atoms with Gasteiger partial charge in [-0.05, 0) is 122 Å². The second-order valence-corrected chi connectivity index (χ2v) is 22.5. The smallest absolute Gasteiger partial charge is 0.228 e. The van der Waals surface area contributed by atoms with E-state index in [-0.39, 0.29) is 39.6 Å². The number of phenols is 4. The third kappa shape index (κ3) is 18.2. The molecule has 6 N–H and O–H groups in total. The lowest BCUT2D eigenvalue weighted by atomic mass is 9.67. The van der Waals surface area contributed by atoms with Gasteiger partial charge in [0.25, 0.3) is 0 Å². The molecule has 0 spiro atoms. The summed E-state index contributed by atoms with van der Waals surface area (Å²) in [5.74, 6) is 0.132. The SMILES string of the molecule is CCCCCCC(CCCCCCCCCC(C(N)=O)C(=O)C1(CCCCCCCCCC(CCCCCC)(c2ccc(O)cc2)c2ccc(O)cc2)CCCCCC1)(c1ccc(O)cc1)c1ccc(O)cc1. The molecule has 402 valence electrons. The van der Waals surface area contributed by atoms with Crippen LogP contribution in [0.15, 0.2) is 97.1 Å². The summed E-state index contributed by atoms with van der Waals surface area (Å²) >= 11 is 0. The number of hydrogen-bond donors (Lipinski definition) is 5. The van der Waals surface area contributed by atoms with Gasteiger partial charge in [0.15, 0.2) is 5.78 Å². The van der Waals surface area contributed by atoms with Gasteiger partial charge in [-0.15, -0.1) is 0 Å². The van der Waals surface area contributed by atoms with Gasteiger partial charge >= 0.3 is 0 Å². The highest BCUT2D eigenvalue weighted by atomic mass is 16.3. The first-order chi connectivity index (χ1) is 35.5. The second kappa shape index (κ2) is 31.8. The van der Waals surface area contributed by atoms with Crippen molar-refractivity contribution < 1.29 is 30.0 Å². The number of primary amides is 1. The van der Waals surface area contributed by atoms with Crippen LogP contribution in [0, 0.1) is 11.3 Å². The number of Topliss-reactive ketones (excluding diaryl/α,β-unsaturated/α-hetero) is 1. The maximum Gasteiger partial charge on any atom is 0.228 e. The Morgan fingerprint density at radius 1 is 0.425 bits per heavy atom. The molecule has 7 heteroatoms. The van der Waals surface area contributed by atoms with Crippen LogP contribution in [0.4, 0.5) is 0 Å². The Balaban J connectivity index is 1.07. The summed E-state index contributed by atoms with van der Waals surface area (Å²) in [6, 6.07) is 31.1. The quantitative estimate of drug-likeness (QED) is 0.0173. The van der Waals surface area contributed by atoms with Crippen LogP contribution in [0.5, 0.6) is 23.0 Å². The second-order valence-electron chi connectivity index (χ2n) is 22.5. The molecule has 4 aromatic rings. The van der Waals surface area contributed by atoms with Gasteiger partial charge in [-0.3, -0.25) is 9.59 Å². The predicted molar refractivity (Wildman–Crippen MR) is 302 cm³/mol. The normalized spacial score (nSPS) is 14.4. The highest BCUT2D eigenvalue weighted by Crippen LogP contribution is 2.46. The molecule has 0 aromatic heterocycles. The summed E-state index contributed by atoms with van der Waals surface area (Å²) in [5.41, 5.74) is 10.2. The fourth-order valence-electron chi connectivity index (χ4n) is 12.8. The summed E-state index contributed by atoms with van der Waals surface area (Å²) in [4.78, 5) is 27.6. The van der Waals surface area contributed by atoms with Gasteiger partial charge < -0.3 is 26.2 Å². The van der Waals surface area contributed by atoms with Gasteiger partial charge in [0, 0.05) is 16.2 Å². The van der Waals surface area contributed by atoms with Crippen molar-refractivity contribution in [1.82, 2.24) is 0 Å². The van der Waals surface area contributed by atoms with Crippen LogP contribution in [0.3, 0.4) is 0 Å². The number of carbonyl (C=O) groups excluding carboxylic acids is 2. The van der Waals surface area contributed by atoms with Crippen molar-refractivity contribution in [3.63, 3.8) is 0 Å². The molecule has 1 fully saturated rings. The number of hydrogen-bond acceptors (Lipinski definition) is 6. The molecule has 0 bridgehead atoms. The molecule has 1 aliphatic rings. The standard InChI is InChI=1S/C66H97NO6/c1-3-5-7-25-49-65(53-30-38-57(68)39-31-53,54-32-40-58(69)41-33-54)51-27-17-13-9-11-15-21-29-61(63(67)73)62(72)64(47-23-19-20-24-48-64)46-22-16-12-10-14-18-28-52-66(50-26-8-6-4-2,55-34-42-59(70)43-35-55)56-36-44-60(71)45-37-56/h30-45,61,68-71H,3-29,46-52H2,1-2H3,(H2,67,73). The molecule has 1 saturated carbocycles. The molecule has 4 aromatic carbocycles. The van der Waals surface area contributed by atoms with E-state index >= 15 is 0 Å². The molecular formula is C66H97NO6. The van der Waals surface area contributed by atoms with Gasteiger partial charge in [-0.2, -0.15) is 0 Å². The van der Waals surface area contributed by atoms with Crippen LogP contribution < -0.4 is 5.73 Å². The first-order valence-electron chi connectivity index (χ1n) is 29.5. The number of aromatic hydroxyl groups is 4. The Labute approximate surface area is 442 Å². The first-order valence-corrected chi connectivity index (χ1v) is 29.5. The number of nitrogens with two attached hydrogens (primary N) is 1. The van der Waals surface area contributed by atoms with Crippen LogP contribution >= 0.6 is 0 Å².